The highest BCUT2D eigenvalue weighted by atomic mass is 32.2. The van der Waals surface area contributed by atoms with Crippen molar-refractivity contribution in [2.75, 3.05) is 6.54 Å². The maximum atomic E-state index is 10.4. The van der Waals surface area contributed by atoms with E-state index in [9.17, 15) is 13.2 Å². The monoisotopic (exact) mass is 162 g/mol. The van der Waals surface area contributed by atoms with Gasteiger partial charge in [-0.25, -0.2) is 4.79 Å². The van der Waals surface area contributed by atoms with Crippen LogP contribution < -0.4 is 5.73 Å². The van der Waals surface area contributed by atoms with Crippen LogP contribution in [-0.4, -0.2) is 30.9 Å². The fourth-order valence-electron chi connectivity index (χ4n) is 0.721. The molecule has 1 rings (SSSR count). The largest absolute Gasteiger partial charge is 0.351 e. The Morgan fingerprint density at radius 1 is 1.60 bits per heavy atom. The topological polar surface area (TPSA) is 80.5 Å². The summed E-state index contributed by atoms with van der Waals surface area (Å²) in [6.45, 7) is 0.415. The van der Waals surface area contributed by atoms with Gasteiger partial charge in [-0.05, 0) is 0 Å². The van der Waals surface area contributed by atoms with E-state index in [1.54, 1.807) is 0 Å². The molecule has 0 bridgehead atoms. The standard InChI is InChI=1S/C4H6N2O3S/c5-4(7)6-2-1-3(6)10(8)9/h1-2H2,(H2,5,7). The number of hydrogen-bond donors (Lipinski definition) is 1. The van der Waals surface area contributed by atoms with E-state index in [0.29, 0.717) is 13.0 Å². The van der Waals surface area contributed by atoms with Gasteiger partial charge >= 0.3 is 6.03 Å². The first-order chi connectivity index (χ1) is 4.63. The van der Waals surface area contributed by atoms with E-state index in [1.807, 2.05) is 0 Å². The third kappa shape index (κ3) is 0.971. The summed E-state index contributed by atoms with van der Waals surface area (Å²) in [6.07, 6.45) is 0.416. The minimum atomic E-state index is -2.28. The summed E-state index contributed by atoms with van der Waals surface area (Å²) in [7, 11) is -2.28. The Hall–Kier alpha value is -1.04. The lowest BCUT2D eigenvalue weighted by molar-refractivity contribution is 0.224. The Kier molecular flexibility index (Phi) is 1.62. The van der Waals surface area contributed by atoms with Crippen LogP contribution in [0.2, 0.25) is 0 Å². The number of likely N-dealkylation sites (tertiary alicyclic amines) is 1. The van der Waals surface area contributed by atoms with Crippen LogP contribution in [0.15, 0.2) is 0 Å². The van der Waals surface area contributed by atoms with Gasteiger partial charge in [0.25, 0.3) is 0 Å². The van der Waals surface area contributed by atoms with E-state index in [-0.39, 0.29) is 4.99 Å². The Labute approximate surface area is 59.0 Å². The lowest BCUT2D eigenvalue weighted by Gasteiger charge is -2.28. The minimum Gasteiger partial charge on any atom is -0.351 e. The van der Waals surface area contributed by atoms with Crippen molar-refractivity contribution in [1.82, 2.24) is 4.90 Å². The maximum Gasteiger partial charge on any atom is 0.319 e. The summed E-state index contributed by atoms with van der Waals surface area (Å²) in [5, 5.41) is 0. The number of hydrogen-bond acceptors (Lipinski definition) is 3. The molecule has 0 saturated carbocycles. The second-order valence-corrected chi connectivity index (χ2v) is 2.81. The average molecular weight is 162 g/mol. The molecule has 10 heavy (non-hydrogen) atoms. The van der Waals surface area contributed by atoms with Crippen LogP contribution in [0.25, 0.3) is 0 Å². The van der Waals surface area contributed by atoms with Crippen LogP contribution in [0.5, 0.6) is 0 Å². The van der Waals surface area contributed by atoms with Crippen LogP contribution in [-0.2, 0) is 10.3 Å². The Morgan fingerprint density at radius 3 is 2.30 bits per heavy atom. The number of carbonyl (C=O) groups is 1. The zero-order valence-electron chi connectivity index (χ0n) is 5.07. The second kappa shape index (κ2) is 2.30. The van der Waals surface area contributed by atoms with Gasteiger partial charge in [0.15, 0.2) is 0 Å². The summed E-state index contributed by atoms with van der Waals surface area (Å²) in [5.74, 6) is 0. The van der Waals surface area contributed by atoms with Crippen molar-refractivity contribution in [2.24, 2.45) is 5.73 Å². The lowest BCUT2D eigenvalue weighted by atomic mass is 10.2. The summed E-state index contributed by atoms with van der Waals surface area (Å²) in [5.41, 5.74) is 4.82. The number of nitrogens with zero attached hydrogens (tertiary/aromatic N) is 1. The van der Waals surface area contributed by atoms with Gasteiger partial charge in [0.1, 0.15) is 4.99 Å². The fourth-order valence-corrected chi connectivity index (χ4v) is 1.34. The maximum absolute atomic E-state index is 10.4. The normalized spacial score (nSPS) is 16.4. The van der Waals surface area contributed by atoms with Crippen LogP contribution in [0, 0.1) is 0 Å². The van der Waals surface area contributed by atoms with Crippen molar-refractivity contribution >= 4 is 21.3 Å². The third-order valence-corrected chi connectivity index (χ3v) is 2.12. The van der Waals surface area contributed by atoms with Gasteiger partial charge < -0.3 is 5.73 Å². The quantitative estimate of drug-likeness (QED) is 0.453. The first kappa shape index (κ1) is 7.07. The van der Waals surface area contributed by atoms with E-state index in [4.69, 9.17) is 5.73 Å². The van der Waals surface area contributed by atoms with E-state index in [2.05, 4.69) is 0 Å². The van der Waals surface area contributed by atoms with Crippen LogP contribution in [0.3, 0.4) is 0 Å². The SMILES string of the molecule is NC(=O)N1CCC1=S(=O)=O. The minimum absolute atomic E-state index is 0.0903. The predicted octanol–water partition coefficient (Wildman–Crippen LogP) is -1.22. The molecule has 0 atom stereocenters. The number of amides is 2. The van der Waals surface area contributed by atoms with E-state index < -0.39 is 16.3 Å². The van der Waals surface area contributed by atoms with E-state index in [0.717, 1.165) is 4.90 Å². The van der Waals surface area contributed by atoms with Gasteiger partial charge in [-0.15, -0.1) is 0 Å². The zero-order chi connectivity index (χ0) is 7.72. The van der Waals surface area contributed by atoms with Crippen molar-refractivity contribution in [1.29, 1.82) is 0 Å². The molecule has 0 aliphatic carbocycles. The van der Waals surface area contributed by atoms with Gasteiger partial charge in [0, 0.05) is 13.0 Å². The van der Waals surface area contributed by atoms with Crippen molar-refractivity contribution in [3.63, 3.8) is 0 Å². The average Bonchev–Trinajstić information content (AvgIpc) is 1.56. The molecule has 1 aliphatic heterocycles. The molecule has 1 heterocycles. The molecule has 1 aliphatic rings. The van der Waals surface area contributed by atoms with Crippen molar-refractivity contribution < 1.29 is 13.2 Å². The number of primary amides is 1. The van der Waals surface area contributed by atoms with Gasteiger partial charge in [0.05, 0.1) is 0 Å². The summed E-state index contributed by atoms with van der Waals surface area (Å²) in [6, 6.07) is -0.703. The van der Waals surface area contributed by atoms with Crippen LogP contribution in [0.4, 0.5) is 4.79 Å². The predicted molar refractivity (Wildman–Crippen MR) is 34.8 cm³/mol. The first-order valence-electron chi connectivity index (χ1n) is 2.65. The molecule has 2 N–H and O–H groups in total. The fraction of sp³-hybridized carbons (Fsp3) is 0.500. The molecular formula is C4H6N2O3S. The molecule has 1 saturated heterocycles. The van der Waals surface area contributed by atoms with E-state index >= 15 is 0 Å². The highest BCUT2D eigenvalue weighted by molar-refractivity contribution is 7.73. The molecule has 0 unspecified atom stereocenters. The van der Waals surface area contributed by atoms with Gasteiger partial charge in [-0.3, -0.25) is 4.90 Å². The van der Waals surface area contributed by atoms with Crippen molar-refractivity contribution in [2.45, 2.75) is 6.42 Å². The molecule has 6 heteroatoms. The lowest BCUT2D eigenvalue weighted by Crippen LogP contribution is -2.50. The summed E-state index contributed by atoms with van der Waals surface area (Å²) >= 11 is 0. The summed E-state index contributed by atoms with van der Waals surface area (Å²) < 4.78 is 20.4. The third-order valence-electron chi connectivity index (χ3n) is 1.31. The highest BCUT2D eigenvalue weighted by Gasteiger charge is 2.27. The molecular weight excluding hydrogens is 156 g/mol. The Morgan fingerprint density at radius 2 is 2.20 bits per heavy atom. The number of rotatable bonds is 0. The van der Waals surface area contributed by atoms with Crippen LogP contribution >= 0.6 is 0 Å². The zero-order valence-corrected chi connectivity index (χ0v) is 5.89. The van der Waals surface area contributed by atoms with Gasteiger partial charge in [0.2, 0.25) is 10.3 Å². The van der Waals surface area contributed by atoms with E-state index in [1.165, 1.54) is 0 Å². The molecule has 0 radical (unpaired) electrons. The second-order valence-electron chi connectivity index (χ2n) is 1.87. The highest BCUT2D eigenvalue weighted by Crippen LogP contribution is 2.07. The van der Waals surface area contributed by atoms with Crippen LogP contribution in [0.1, 0.15) is 6.42 Å². The first-order valence-corrected chi connectivity index (χ1v) is 3.72. The Balaban J connectivity index is 2.90. The molecule has 0 aromatic heterocycles. The molecule has 56 valence electrons. The van der Waals surface area contributed by atoms with Gasteiger partial charge in [-0.2, -0.15) is 8.42 Å². The number of urea groups is 1. The molecule has 2 amide bonds. The molecule has 5 nitrogen and oxygen atoms in total. The smallest absolute Gasteiger partial charge is 0.319 e. The Bertz CT molecular complexity index is 284. The number of carbonyl (C=O) groups excluding carboxylic acids is 1. The molecule has 0 aromatic carbocycles. The number of nitrogens with two attached hydrogens (primary N) is 1. The molecule has 0 aromatic rings. The molecule has 1 fully saturated rings. The summed E-state index contributed by atoms with van der Waals surface area (Å²) in [4.78, 5) is 11.5. The molecule has 0 spiro atoms. The van der Waals surface area contributed by atoms with Gasteiger partial charge in [-0.1, -0.05) is 0 Å². The van der Waals surface area contributed by atoms with Crippen molar-refractivity contribution in [3.8, 4) is 0 Å². The van der Waals surface area contributed by atoms with Crippen molar-refractivity contribution in [3.05, 3.63) is 0 Å².